The van der Waals surface area contributed by atoms with Gasteiger partial charge in [-0.3, -0.25) is 4.57 Å². The predicted molar refractivity (Wildman–Crippen MR) is 269 cm³/mol. The van der Waals surface area contributed by atoms with Crippen molar-refractivity contribution in [3.8, 4) is 78.9 Å². The molecule has 9 heteroatoms. The number of hydrogen-bond donors (Lipinski definition) is 0. The molecule has 1 aliphatic heterocycles. The Kier molecular flexibility index (Phi) is 9.13. The zero-order valence-electron chi connectivity index (χ0n) is 46.2. The minimum absolute atomic E-state index is 0. The zero-order valence-corrected chi connectivity index (χ0v) is 38.4. The Morgan fingerprint density at radius 1 is 0.536 bits per heavy atom. The van der Waals surface area contributed by atoms with Crippen LogP contribution in [0.4, 0.5) is 11.5 Å². The summed E-state index contributed by atoms with van der Waals surface area (Å²) in [7, 11) is -1.12. The van der Waals surface area contributed by atoms with Gasteiger partial charge in [0.15, 0.2) is 0 Å². The molecule has 0 spiro atoms. The van der Waals surface area contributed by atoms with Crippen LogP contribution in [0, 0.1) is 18.5 Å². The summed E-state index contributed by atoms with van der Waals surface area (Å²) in [6.45, 7) is 0. The second-order valence-electron chi connectivity index (χ2n) is 15.5. The van der Waals surface area contributed by atoms with Crippen molar-refractivity contribution in [3.63, 3.8) is 0 Å². The number of aromatic nitrogens is 3. The van der Waals surface area contributed by atoms with E-state index in [4.69, 9.17) is 32.7 Å². The minimum atomic E-state index is -1.12. The maximum atomic E-state index is 9.04. The molecule has 0 bridgehead atoms. The molecule has 0 radical (unpaired) electrons. The average Bonchev–Trinajstić information content (AvgIpc) is 4.16. The van der Waals surface area contributed by atoms with Crippen LogP contribution in [0.15, 0.2) is 236 Å². The fourth-order valence-electron chi connectivity index (χ4n) is 8.47. The minimum Gasteiger partial charge on any atom is -0.510 e. The van der Waals surface area contributed by atoms with Crippen LogP contribution in [0.25, 0.3) is 66.9 Å². The van der Waals surface area contributed by atoms with E-state index in [0.717, 1.165) is 22.3 Å². The molecule has 0 fully saturated rings. The number of benzene rings is 9. The number of ether oxygens (including phenoxy) is 1. The normalized spacial score (nSPS) is 13.6. The van der Waals surface area contributed by atoms with Gasteiger partial charge in [0.05, 0.1) is 30.4 Å². The number of imidazole rings is 1. The fourth-order valence-corrected chi connectivity index (χ4v) is 8.47. The van der Waals surface area contributed by atoms with E-state index in [2.05, 4.69) is 30.6 Å². The molecule has 0 unspecified atom stereocenters. The van der Waals surface area contributed by atoms with Gasteiger partial charge in [-0.25, -0.2) is 4.98 Å². The first-order valence-electron chi connectivity index (χ1n) is 26.6. The summed E-state index contributed by atoms with van der Waals surface area (Å²) in [5.74, 6) is 2.27. The van der Waals surface area contributed by atoms with E-state index in [-0.39, 0.29) is 54.8 Å². The second kappa shape index (κ2) is 19.0. The average molecular weight is 1080 g/mol. The van der Waals surface area contributed by atoms with Gasteiger partial charge in [-0.1, -0.05) is 175 Å². The summed E-state index contributed by atoms with van der Waals surface area (Å²) in [6, 6.07) is 53.4. The fraction of sp³-hybridized carbons (Fsp3) is 0. The van der Waals surface area contributed by atoms with Crippen molar-refractivity contribution in [3.05, 3.63) is 255 Å². The Balaban J connectivity index is 0.00000660. The van der Waals surface area contributed by atoms with Gasteiger partial charge < -0.3 is 23.4 Å². The molecule has 0 saturated carbocycles. The Hall–Kier alpha value is -8.45. The van der Waals surface area contributed by atoms with Crippen LogP contribution in [0.3, 0.4) is 0 Å². The van der Waals surface area contributed by atoms with Crippen molar-refractivity contribution in [1.82, 2.24) is 9.55 Å². The van der Waals surface area contributed by atoms with E-state index >= 15 is 0 Å². The van der Waals surface area contributed by atoms with Crippen molar-refractivity contribution in [2.45, 2.75) is 0 Å². The number of para-hydroxylation sites is 5. The molecule has 7 nitrogen and oxygen atoms in total. The first kappa shape index (κ1) is 33.1. The molecule has 3 heterocycles. The SMILES string of the molecule is [2H]c1c([2H])c([2H])c(-c2cccc(-c3c([2H])c([2H])c([2H])c([2H])c3[2H])c2-[n+]2[c-]n(-c3[c-]c(Oc4[c-]c(N(B5Oc6ccccc6-c6ccccc6-c6ccccc6O5)c5ccccn5)ccc4)ccc3)c3ccccc32)c([2H])c1[2H].[Pt]. The molecule has 2 aromatic heterocycles. The van der Waals surface area contributed by atoms with Crippen LogP contribution in [0.5, 0.6) is 23.0 Å². The van der Waals surface area contributed by atoms with Gasteiger partial charge in [0.25, 0.3) is 6.33 Å². The second-order valence-corrected chi connectivity index (χ2v) is 15.5. The van der Waals surface area contributed by atoms with E-state index in [9.17, 15) is 0 Å². The Morgan fingerprint density at radius 2 is 1.07 bits per heavy atom. The summed E-state index contributed by atoms with van der Waals surface area (Å²) in [5, 5.41) is 0. The maximum absolute atomic E-state index is 9.04. The standard InChI is InChI=1S/C60H39BN4O3.Pt/c1-3-20-43(21-4-1)49-32-19-33-50(44-22-5-2-6-23-44)60(49)64-42-63(55-34-11-12-35-56(55)64)45-24-17-26-47(40-45)66-48-27-18-25-46(41-48)65(59-38-15-16-39-62-59)61-67-57-36-13-9-30-53(57)51-28-7-8-29-52(51)54-31-10-14-37-58(54)68-61;/h1-39H;/q-2;/i1D,2D,3D,4D,5D,6D,20D,21D,22D,23D;. The number of hydrogen-bond acceptors (Lipinski definition) is 5. The van der Waals surface area contributed by atoms with Gasteiger partial charge in [0.1, 0.15) is 17.3 Å². The number of fused-ring (bicyclic) bond motifs is 6. The largest absolute Gasteiger partial charge is 0.742 e. The van der Waals surface area contributed by atoms with E-state index in [1.165, 1.54) is 0 Å². The third-order valence-corrected chi connectivity index (χ3v) is 11.4. The number of anilines is 2. The molecule has 0 saturated heterocycles. The third kappa shape index (κ3) is 8.37. The monoisotopic (exact) mass is 1080 g/mol. The molecule has 12 rings (SSSR count). The van der Waals surface area contributed by atoms with E-state index in [1.54, 1.807) is 74.7 Å². The molecule has 0 N–H and O–H groups in total. The molecule has 0 amide bonds. The summed E-state index contributed by atoms with van der Waals surface area (Å²) < 4.78 is 111. The van der Waals surface area contributed by atoms with Crippen LogP contribution in [-0.2, 0) is 21.1 Å². The van der Waals surface area contributed by atoms with Crippen LogP contribution >= 0.6 is 0 Å². The van der Waals surface area contributed by atoms with Crippen molar-refractivity contribution in [2.75, 3.05) is 4.81 Å². The number of rotatable bonds is 9. The number of pyridine rings is 1. The maximum Gasteiger partial charge on any atom is 0.742 e. The van der Waals surface area contributed by atoms with Crippen molar-refractivity contribution < 1.29 is 53.4 Å². The smallest absolute Gasteiger partial charge is 0.510 e. The van der Waals surface area contributed by atoms with E-state index in [1.807, 2.05) is 103 Å². The van der Waals surface area contributed by atoms with Crippen molar-refractivity contribution >= 4 is 29.8 Å². The van der Waals surface area contributed by atoms with Gasteiger partial charge in [0.2, 0.25) is 0 Å². The van der Waals surface area contributed by atoms with E-state index < -0.39 is 67.7 Å². The number of nitrogens with zero attached hydrogens (tertiary/aromatic N) is 4. The predicted octanol–water partition coefficient (Wildman–Crippen LogP) is 13.8. The van der Waals surface area contributed by atoms with Crippen LogP contribution in [0.1, 0.15) is 13.7 Å². The molecule has 332 valence electrons. The van der Waals surface area contributed by atoms with Crippen LogP contribution in [-0.4, -0.2) is 16.8 Å². The molecule has 0 atom stereocenters. The Bertz CT molecular complexity index is 4000. The topological polar surface area (TPSA) is 52.6 Å². The van der Waals surface area contributed by atoms with Gasteiger partial charge in [0, 0.05) is 49.9 Å². The quantitative estimate of drug-likeness (QED) is 0.0819. The van der Waals surface area contributed by atoms with Gasteiger partial charge in [-0.2, -0.15) is 18.2 Å². The summed E-state index contributed by atoms with van der Waals surface area (Å²) in [6.07, 6.45) is 5.08. The van der Waals surface area contributed by atoms with Gasteiger partial charge in [-0.05, 0) is 63.3 Å². The third-order valence-electron chi connectivity index (χ3n) is 11.4. The zero-order chi connectivity index (χ0) is 53.9. The first-order valence-corrected chi connectivity index (χ1v) is 21.6. The Labute approximate surface area is 429 Å². The molecule has 11 aromatic rings. The summed E-state index contributed by atoms with van der Waals surface area (Å²) >= 11 is 0. The summed E-state index contributed by atoms with van der Waals surface area (Å²) in [5.41, 5.74) is 5.82. The molecule has 0 aliphatic carbocycles. The van der Waals surface area contributed by atoms with E-state index in [0.29, 0.717) is 45.5 Å². The molecular formula is C60H39BN4O3Pt-2. The summed E-state index contributed by atoms with van der Waals surface area (Å²) in [4.78, 5) is 6.56. The molecule has 9 aromatic carbocycles. The Morgan fingerprint density at radius 3 is 1.71 bits per heavy atom. The first-order chi connectivity index (χ1) is 37.9. The molecule has 69 heavy (non-hydrogen) atoms. The van der Waals surface area contributed by atoms with Gasteiger partial charge in [-0.15, -0.1) is 30.3 Å². The van der Waals surface area contributed by atoms with Crippen molar-refractivity contribution in [1.29, 1.82) is 0 Å². The van der Waals surface area contributed by atoms with Crippen molar-refractivity contribution in [2.24, 2.45) is 0 Å². The van der Waals surface area contributed by atoms with Gasteiger partial charge >= 0.3 is 7.25 Å². The molecule has 1 aliphatic rings. The molecular weight excluding hydrogens is 1030 g/mol. The van der Waals surface area contributed by atoms with Crippen LogP contribution < -0.4 is 23.4 Å². The van der Waals surface area contributed by atoms with Crippen LogP contribution in [0.2, 0.25) is 0 Å².